The topological polar surface area (TPSA) is 64.3 Å². The van der Waals surface area contributed by atoms with Crippen LogP contribution in [0.15, 0.2) is 24.3 Å². The molecule has 0 atom stereocenters. The van der Waals surface area contributed by atoms with E-state index in [1.807, 2.05) is 39.0 Å². The van der Waals surface area contributed by atoms with Gasteiger partial charge in [0.15, 0.2) is 0 Å². The number of hydrogen-bond acceptors (Lipinski definition) is 3. The van der Waals surface area contributed by atoms with Crippen LogP contribution < -0.4 is 11.1 Å². The Morgan fingerprint density at radius 3 is 2.47 bits per heavy atom. The Balaban J connectivity index is 0.00000256. The van der Waals surface area contributed by atoms with E-state index >= 15 is 0 Å². The van der Waals surface area contributed by atoms with Crippen LogP contribution in [0.25, 0.3) is 0 Å². The van der Waals surface area contributed by atoms with Crippen LogP contribution in [0.2, 0.25) is 0 Å². The van der Waals surface area contributed by atoms with Crippen molar-refractivity contribution in [3.8, 4) is 0 Å². The van der Waals surface area contributed by atoms with Gasteiger partial charge < -0.3 is 10.5 Å². The molecular weight excluding hydrogens is 240 g/mol. The summed E-state index contributed by atoms with van der Waals surface area (Å²) in [6.07, 6.45) is -0.464. The number of halogens is 1. The fourth-order valence-corrected chi connectivity index (χ4v) is 1.23. The van der Waals surface area contributed by atoms with E-state index in [0.29, 0.717) is 12.2 Å². The zero-order chi connectivity index (χ0) is 12.2. The van der Waals surface area contributed by atoms with E-state index < -0.39 is 11.7 Å². The van der Waals surface area contributed by atoms with Gasteiger partial charge in [-0.1, -0.05) is 18.2 Å². The van der Waals surface area contributed by atoms with Crippen LogP contribution in [0.1, 0.15) is 26.3 Å². The van der Waals surface area contributed by atoms with Gasteiger partial charge in [0.1, 0.15) is 5.60 Å². The normalized spacial score (nSPS) is 10.4. The maximum absolute atomic E-state index is 11.5. The van der Waals surface area contributed by atoms with Crippen molar-refractivity contribution >= 4 is 24.2 Å². The standard InChI is InChI=1S/C12H18N2O2.ClH/c1-12(2,3)16-11(15)14-10-7-5-4-6-9(10)8-13;/h4-7H,8,13H2,1-3H3,(H,14,15);1H. The van der Waals surface area contributed by atoms with Crippen molar-refractivity contribution in [2.24, 2.45) is 5.73 Å². The quantitative estimate of drug-likeness (QED) is 0.857. The first-order valence-electron chi connectivity index (χ1n) is 5.20. The molecule has 0 aromatic heterocycles. The molecule has 1 aromatic rings. The first-order chi connectivity index (χ1) is 7.42. The second kappa shape index (κ2) is 6.47. The molecule has 0 bridgehead atoms. The number of anilines is 1. The average molecular weight is 259 g/mol. The van der Waals surface area contributed by atoms with E-state index in [-0.39, 0.29) is 12.4 Å². The van der Waals surface area contributed by atoms with Crippen LogP contribution in [0.3, 0.4) is 0 Å². The Hall–Kier alpha value is -1.26. The molecule has 0 aliphatic rings. The molecule has 17 heavy (non-hydrogen) atoms. The van der Waals surface area contributed by atoms with Crippen molar-refractivity contribution in [3.63, 3.8) is 0 Å². The maximum Gasteiger partial charge on any atom is 0.412 e. The van der Waals surface area contributed by atoms with Crippen LogP contribution in [-0.2, 0) is 11.3 Å². The third-order valence-electron chi connectivity index (χ3n) is 1.87. The lowest BCUT2D eigenvalue weighted by molar-refractivity contribution is 0.0636. The fourth-order valence-electron chi connectivity index (χ4n) is 1.23. The zero-order valence-electron chi connectivity index (χ0n) is 10.3. The predicted molar refractivity (Wildman–Crippen MR) is 71.4 cm³/mol. The van der Waals surface area contributed by atoms with Gasteiger partial charge in [-0.15, -0.1) is 12.4 Å². The number of nitrogens with one attached hydrogen (secondary N) is 1. The molecule has 0 spiro atoms. The summed E-state index contributed by atoms with van der Waals surface area (Å²) in [5.74, 6) is 0. The Kier molecular flexibility index (Phi) is 5.99. The van der Waals surface area contributed by atoms with Gasteiger partial charge in [-0.2, -0.15) is 0 Å². The minimum absolute atomic E-state index is 0. The highest BCUT2D eigenvalue weighted by molar-refractivity contribution is 5.86. The second-order valence-corrected chi connectivity index (χ2v) is 4.49. The van der Waals surface area contributed by atoms with Crippen molar-refractivity contribution in [2.45, 2.75) is 32.9 Å². The van der Waals surface area contributed by atoms with Crippen LogP contribution in [0, 0.1) is 0 Å². The van der Waals surface area contributed by atoms with Crippen molar-refractivity contribution in [2.75, 3.05) is 5.32 Å². The SMILES string of the molecule is CC(C)(C)OC(=O)Nc1ccccc1CN.Cl. The first kappa shape index (κ1) is 15.7. The first-order valence-corrected chi connectivity index (χ1v) is 5.20. The van der Waals surface area contributed by atoms with Crippen LogP contribution in [0.4, 0.5) is 10.5 Å². The summed E-state index contributed by atoms with van der Waals surface area (Å²) in [6.45, 7) is 5.84. The lowest BCUT2D eigenvalue weighted by atomic mass is 10.2. The van der Waals surface area contributed by atoms with Crippen LogP contribution in [-0.4, -0.2) is 11.7 Å². The Morgan fingerprint density at radius 1 is 1.35 bits per heavy atom. The second-order valence-electron chi connectivity index (χ2n) is 4.49. The van der Waals surface area contributed by atoms with Gasteiger partial charge in [0.05, 0.1) is 0 Å². The molecule has 0 saturated carbocycles. The van der Waals surface area contributed by atoms with E-state index in [1.165, 1.54) is 0 Å². The molecule has 0 aliphatic carbocycles. The predicted octanol–water partition coefficient (Wildman–Crippen LogP) is 2.91. The highest BCUT2D eigenvalue weighted by Crippen LogP contribution is 2.16. The minimum Gasteiger partial charge on any atom is -0.444 e. The lowest BCUT2D eigenvalue weighted by Gasteiger charge is -2.20. The monoisotopic (exact) mass is 258 g/mol. The molecule has 1 amide bonds. The van der Waals surface area contributed by atoms with Crippen molar-refractivity contribution in [1.82, 2.24) is 0 Å². The number of nitrogens with two attached hydrogens (primary N) is 1. The highest BCUT2D eigenvalue weighted by Gasteiger charge is 2.16. The van der Waals surface area contributed by atoms with Gasteiger partial charge in [-0.25, -0.2) is 4.79 Å². The number of benzene rings is 1. The molecule has 0 heterocycles. The van der Waals surface area contributed by atoms with E-state index in [2.05, 4.69) is 5.32 Å². The summed E-state index contributed by atoms with van der Waals surface area (Å²) >= 11 is 0. The molecule has 0 aliphatic heterocycles. The molecule has 1 rings (SSSR count). The van der Waals surface area contributed by atoms with Gasteiger partial charge >= 0.3 is 6.09 Å². The molecule has 0 saturated heterocycles. The Morgan fingerprint density at radius 2 is 1.94 bits per heavy atom. The molecule has 96 valence electrons. The lowest BCUT2D eigenvalue weighted by Crippen LogP contribution is -2.27. The summed E-state index contributed by atoms with van der Waals surface area (Å²) in [5, 5.41) is 2.68. The molecular formula is C12H19ClN2O2. The van der Waals surface area contributed by atoms with Crippen molar-refractivity contribution in [1.29, 1.82) is 0 Å². The molecule has 0 radical (unpaired) electrons. The largest absolute Gasteiger partial charge is 0.444 e. The molecule has 0 unspecified atom stereocenters. The van der Waals surface area contributed by atoms with Crippen molar-refractivity contribution in [3.05, 3.63) is 29.8 Å². The molecule has 1 aromatic carbocycles. The van der Waals surface area contributed by atoms with Gasteiger partial charge in [0, 0.05) is 12.2 Å². The highest BCUT2D eigenvalue weighted by atomic mass is 35.5. The van der Waals surface area contributed by atoms with E-state index in [9.17, 15) is 4.79 Å². The Bertz CT molecular complexity index is 375. The number of carbonyl (C=O) groups excluding carboxylic acids is 1. The van der Waals surface area contributed by atoms with Crippen LogP contribution >= 0.6 is 12.4 Å². The summed E-state index contributed by atoms with van der Waals surface area (Å²) in [6, 6.07) is 7.38. The van der Waals surface area contributed by atoms with E-state index in [1.54, 1.807) is 6.07 Å². The number of carbonyl (C=O) groups is 1. The average Bonchev–Trinajstić information content (AvgIpc) is 2.15. The summed E-state index contributed by atoms with van der Waals surface area (Å²) in [7, 11) is 0. The van der Waals surface area contributed by atoms with Crippen LogP contribution in [0.5, 0.6) is 0 Å². The minimum atomic E-state index is -0.498. The number of amides is 1. The van der Waals surface area contributed by atoms with E-state index in [0.717, 1.165) is 5.56 Å². The van der Waals surface area contributed by atoms with Crippen molar-refractivity contribution < 1.29 is 9.53 Å². The van der Waals surface area contributed by atoms with E-state index in [4.69, 9.17) is 10.5 Å². The number of para-hydroxylation sites is 1. The van der Waals surface area contributed by atoms with Gasteiger partial charge in [-0.3, -0.25) is 5.32 Å². The Labute approximate surface area is 108 Å². The summed E-state index contributed by atoms with van der Waals surface area (Å²) in [4.78, 5) is 11.5. The maximum atomic E-state index is 11.5. The number of rotatable bonds is 2. The van der Waals surface area contributed by atoms with Gasteiger partial charge in [0.2, 0.25) is 0 Å². The molecule has 4 nitrogen and oxygen atoms in total. The molecule has 3 N–H and O–H groups in total. The molecule has 5 heteroatoms. The summed E-state index contributed by atoms with van der Waals surface area (Å²) < 4.78 is 5.15. The third kappa shape index (κ3) is 5.56. The van der Waals surface area contributed by atoms with Gasteiger partial charge in [-0.05, 0) is 32.4 Å². The summed E-state index contributed by atoms with van der Waals surface area (Å²) in [5.41, 5.74) is 6.64. The fraction of sp³-hybridized carbons (Fsp3) is 0.417. The third-order valence-corrected chi connectivity index (χ3v) is 1.87. The zero-order valence-corrected chi connectivity index (χ0v) is 11.1. The van der Waals surface area contributed by atoms with Gasteiger partial charge in [0.25, 0.3) is 0 Å². The number of hydrogen-bond donors (Lipinski definition) is 2. The smallest absolute Gasteiger partial charge is 0.412 e. The number of ether oxygens (including phenoxy) is 1. The molecule has 0 fully saturated rings.